The molecule has 4 aliphatic heterocycles. The molecule has 33 heavy (non-hydrogen) atoms. The number of hydrogen-bond acceptors (Lipinski definition) is 8. The van der Waals surface area contributed by atoms with Gasteiger partial charge in [0.1, 0.15) is 0 Å². The Morgan fingerprint density at radius 3 is 2.58 bits per heavy atom. The summed E-state index contributed by atoms with van der Waals surface area (Å²) < 4.78 is 46.6. The van der Waals surface area contributed by atoms with Gasteiger partial charge >= 0.3 is 0 Å². The van der Waals surface area contributed by atoms with Crippen molar-refractivity contribution in [2.45, 2.75) is 83.6 Å². The van der Waals surface area contributed by atoms with Gasteiger partial charge in [0.15, 0.2) is 18.2 Å². The average molecular weight is 483 g/mol. The summed E-state index contributed by atoms with van der Waals surface area (Å²) >= 11 is 0. The van der Waals surface area contributed by atoms with Crippen LogP contribution in [0.2, 0.25) is 0 Å². The van der Waals surface area contributed by atoms with E-state index < -0.39 is 34.1 Å². The Balaban J connectivity index is 1.32. The molecule has 1 spiro atoms. The molecule has 5 fully saturated rings. The van der Waals surface area contributed by atoms with E-state index in [-0.39, 0.29) is 18.4 Å². The lowest BCUT2D eigenvalue weighted by atomic mass is 9.58. The zero-order valence-corrected chi connectivity index (χ0v) is 20.5. The number of ether oxygens (including phenoxy) is 3. The number of hydrogen-bond donors (Lipinski definition) is 0. The largest absolute Gasteiger partial charge is 0.348 e. The Morgan fingerprint density at radius 2 is 1.82 bits per heavy atom. The van der Waals surface area contributed by atoms with Crippen molar-refractivity contribution in [2.24, 2.45) is 23.7 Å². The topological polar surface area (TPSA) is 89.5 Å². The summed E-state index contributed by atoms with van der Waals surface area (Å²) in [5.74, 6) is 0.334. The van der Waals surface area contributed by atoms with Crippen molar-refractivity contribution in [3.8, 4) is 0 Å². The first-order valence-corrected chi connectivity index (χ1v) is 13.7. The minimum atomic E-state index is -3.50. The minimum absolute atomic E-state index is 0.000985. The van der Waals surface area contributed by atoms with Gasteiger partial charge in [0, 0.05) is 18.3 Å². The van der Waals surface area contributed by atoms with Crippen LogP contribution < -0.4 is 0 Å². The predicted molar refractivity (Wildman–Crippen MR) is 118 cm³/mol. The molecular formula is C24H34O8S. The van der Waals surface area contributed by atoms with Crippen LogP contribution in [-0.4, -0.2) is 38.6 Å². The summed E-state index contributed by atoms with van der Waals surface area (Å²) in [6.07, 6.45) is 3.99. The Hall–Kier alpha value is -1.07. The molecule has 5 aliphatic rings. The summed E-state index contributed by atoms with van der Waals surface area (Å²) in [4.78, 5) is 12.0. The molecular weight excluding hydrogens is 448 g/mol. The van der Waals surface area contributed by atoms with Gasteiger partial charge in [0.25, 0.3) is 10.1 Å². The van der Waals surface area contributed by atoms with E-state index in [2.05, 4.69) is 13.8 Å². The van der Waals surface area contributed by atoms with Crippen LogP contribution in [0.4, 0.5) is 0 Å². The molecule has 6 rings (SSSR count). The molecule has 0 unspecified atom stereocenters. The normalized spacial score (nSPS) is 42.5. The lowest BCUT2D eigenvalue weighted by Gasteiger charge is -2.60. The number of rotatable bonds is 6. The SMILES string of the molecule is C[C@H]1[C@@H](OCc2cccc(COS(C)(=O)=O)c2)O[C@@H]2O[C@]3(C)CC[C@H]4[C@H](C)CC[C@@H]1[C@@]24OO3. The van der Waals surface area contributed by atoms with Gasteiger partial charge in [-0.2, -0.15) is 8.42 Å². The first kappa shape index (κ1) is 23.7. The maximum absolute atomic E-state index is 11.3. The summed E-state index contributed by atoms with van der Waals surface area (Å²) in [5.41, 5.74) is 1.09. The molecule has 184 valence electrons. The van der Waals surface area contributed by atoms with Crippen molar-refractivity contribution >= 4 is 10.1 Å². The zero-order valence-electron chi connectivity index (χ0n) is 19.7. The summed E-state index contributed by atoms with van der Waals surface area (Å²) in [6, 6.07) is 7.53. The molecule has 0 aromatic heterocycles. The monoisotopic (exact) mass is 482 g/mol. The molecule has 2 bridgehead atoms. The predicted octanol–water partition coefficient (Wildman–Crippen LogP) is 3.89. The fourth-order valence-electron chi connectivity index (χ4n) is 6.23. The van der Waals surface area contributed by atoms with Gasteiger partial charge in [-0.25, -0.2) is 9.78 Å². The van der Waals surface area contributed by atoms with Crippen molar-refractivity contribution in [3.63, 3.8) is 0 Å². The van der Waals surface area contributed by atoms with Crippen LogP contribution in [0.15, 0.2) is 24.3 Å². The van der Waals surface area contributed by atoms with Gasteiger partial charge in [0.05, 0.1) is 19.5 Å². The molecule has 1 saturated carbocycles. The Morgan fingerprint density at radius 1 is 1.06 bits per heavy atom. The lowest BCUT2D eigenvalue weighted by molar-refractivity contribution is -0.577. The van der Waals surface area contributed by atoms with E-state index >= 15 is 0 Å². The van der Waals surface area contributed by atoms with E-state index in [4.69, 9.17) is 28.2 Å². The van der Waals surface area contributed by atoms with Crippen LogP contribution in [0.1, 0.15) is 57.6 Å². The maximum atomic E-state index is 11.3. The van der Waals surface area contributed by atoms with Crippen LogP contribution in [0, 0.1) is 23.7 Å². The molecule has 4 heterocycles. The third-order valence-corrected chi connectivity index (χ3v) is 8.49. The molecule has 9 heteroatoms. The molecule has 4 saturated heterocycles. The van der Waals surface area contributed by atoms with Gasteiger partial charge in [-0.3, -0.25) is 4.18 Å². The van der Waals surface area contributed by atoms with Crippen molar-refractivity contribution < 1.29 is 36.6 Å². The van der Waals surface area contributed by atoms with E-state index in [1.807, 2.05) is 31.2 Å². The van der Waals surface area contributed by atoms with Crippen molar-refractivity contribution in [1.29, 1.82) is 0 Å². The first-order valence-electron chi connectivity index (χ1n) is 11.8. The molecule has 0 amide bonds. The van der Waals surface area contributed by atoms with Crippen LogP contribution in [0.5, 0.6) is 0 Å². The Labute approximate surface area is 195 Å². The van der Waals surface area contributed by atoms with Crippen LogP contribution >= 0.6 is 0 Å². The molecule has 8 atom stereocenters. The third kappa shape index (κ3) is 4.37. The van der Waals surface area contributed by atoms with Gasteiger partial charge < -0.3 is 14.2 Å². The van der Waals surface area contributed by atoms with Crippen LogP contribution in [0.3, 0.4) is 0 Å². The van der Waals surface area contributed by atoms with Gasteiger partial charge in [-0.15, -0.1) is 0 Å². The maximum Gasteiger partial charge on any atom is 0.264 e. The Bertz CT molecular complexity index is 982. The van der Waals surface area contributed by atoms with Crippen molar-refractivity contribution in [1.82, 2.24) is 0 Å². The zero-order chi connectivity index (χ0) is 23.4. The molecule has 1 aromatic rings. The highest BCUT2D eigenvalue weighted by atomic mass is 32.2. The fraction of sp³-hybridized carbons (Fsp3) is 0.750. The minimum Gasteiger partial charge on any atom is -0.348 e. The molecule has 1 aromatic carbocycles. The molecule has 8 nitrogen and oxygen atoms in total. The second-order valence-corrected chi connectivity index (χ2v) is 12.0. The second-order valence-electron chi connectivity index (χ2n) is 10.4. The van der Waals surface area contributed by atoms with Crippen molar-refractivity contribution in [3.05, 3.63) is 35.4 Å². The smallest absolute Gasteiger partial charge is 0.264 e. The number of fused-ring (bicyclic) bond motifs is 2. The summed E-state index contributed by atoms with van der Waals surface area (Å²) in [7, 11) is -3.50. The number of benzene rings is 1. The van der Waals surface area contributed by atoms with E-state index in [1.165, 1.54) is 0 Å². The molecule has 0 radical (unpaired) electrons. The molecule has 1 aliphatic carbocycles. The highest BCUT2D eigenvalue weighted by Gasteiger charge is 2.69. The van der Waals surface area contributed by atoms with E-state index in [0.717, 1.165) is 43.1 Å². The van der Waals surface area contributed by atoms with Gasteiger partial charge in [0.2, 0.25) is 5.79 Å². The quantitative estimate of drug-likeness (QED) is 0.446. The lowest BCUT2D eigenvalue weighted by Crippen LogP contribution is -2.70. The average Bonchev–Trinajstić information content (AvgIpc) is 2.99. The van der Waals surface area contributed by atoms with Crippen LogP contribution in [-0.2, 0) is 51.5 Å². The third-order valence-electron chi connectivity index (χ3n) is 7.94. The molecule has 0 N–H and O–H groups in total. The summed E-state index contributed by atoms with van der Waals surface area (Å²) in [5, 5.41) is 0. The fourth-order valence-corrected chi connectivity index (χ4v) is 6.58. The van der Waals surface area contributed by atoms with E-state index in [1.54, 1.807) is 0 Å². The second kappa shape index (κ2) is 8.55. The standard InChI is InChI=1S/C24H34O8S/c1-15-8-9-20-16(2)21(27-13-17-6-5-7-18(12-17)14-28-33(4,25)26)29-22-24(20)19(15)10-11-23(3,30-22)31-32-24/h5-7,12,15-16,19-22H,8-11,13-14H2,1-4H3/t15-,16-,19+,20+,21+,22-,23+,24-/m1/s1. The van der Waals surface area contributed by atoms with Crippen molar-refractivity contribution in [2.75, 3.05) is 6.26 Å². The highest BCUT2D eigenvalue weighted by Crippen LogP contribution is 2.60. The van der Waals surface area contributed by atoms with E-state index in [0.29, 0.717) is 18.4 Å². The van der Waals surface area contributed by atoms with Crippen LogP contribution in [0.25, 0.3) is 0 Å². The van der Waals surface area contributed by atoms with Gasteiger partial charge in [-0.1, -0.05) is 38.1 Å². The Kier molecular flexibility index (Phi) is 6.13. The van der Waals surface area contributed by atoms with E-state index in [9.17, 15) is 8.42 Å². The van der Waals surface area contributed by atoms with Gasteiger partial charge in [-0.05, 0) is 49.1 Å². The first-order chi connectivity index (χ1) is 15.6. The summed E-state index contributed by atoms with van der Waals surface area (Å²) in [6.45, 7) is 6.70. The highest BCUT2D eigenvalue weighted by molar-refractivity contribution is 7.85.